The van der Waals surface area contributed by atoms with Crippen LogP contribution in [0.3, 0.4) is 0 Å². The highest BCUT2D eigenvalue weighted by atomic mass is 127. The van der Waals surface area contributed by atoms with Gasteiger partial charge in [0.1, 0.15) is 12.4 Å². The smallest absolute Gasteiger partial charge is 0.363 e. The number of rotatable bonds is 6. The lowest BCUT2D eigenvalue weighted by atomic mass is 10.1. The zero-order valence-corrected chi connectivity index (χ0v) is 20.5. The third-order valence-electron chi connectivity index (χ3n) is 4.54. The molecule has 0 atom stereocenters. The molecule has 1 aliphatic heterocycles. The van der Waals surface area contributed by atoms with Crippen LogP contribution >= 0.6 is 38.5 Å². The van der Waals surface area contributed by atoms with Gasteiger partial charge in [-0.1, -0.05) is 12.1 Å². The molecule has 0 bridgehead atoms. The molecule has 0 spiro atoms. The van der Waals surface area contributed by atoms with Crippen molar-refractivity contribution in [3.05, 3.63) is 96.9 Å². The molecule has 4 rings (SSSR count). The third kappa shape index (κ3) is 5.18. The van der Waals surface area contributed by atoms with Crippen molar-refractivity contribution in [1.82, 2.24) is 0 Å². The van der Waals surface area contributed by atoms with E-state index in [9.17, 15) is 9.18 Å². The van der Waals surface area contributed by atoms with E-state index in [-0.39, 0.29) is 24.0 Å². The molecule has 8 heteroatoms. The molecule has 0 aliphatic carbocycles. The van der Waals surface area contributed by atoms with E-state index >= 15 is 0 Å². The van der Waals surface area contributed by atoms with Crippen LogP contribution in [0, 0.1) is 9.39 Å². The number of hydrogen-bond donors (Lipinski definition) is 0. The van der Waals surface area contributed by atoms with Crippen LogP contribution in [0.1, 0.15) is 16.7 Å². The lowest BCUT2D eigenvalue weighted by molar-refractivity contribution is -0.129. The fourth-order valence-electron chi connectivity index (χ4n) is 3.03. The van der Waals surface area contributed by atoms with E-state index in [0.717, 1.165) is 9.13 Å². The molecule has 0 saturated heterocycles. The highest BCUT2D eigenvalue weighted by Crippen LogP contribution is 2.38. The van der Waals surface area contributed by atoms with Crippen molar-refractivity contribution >= 4 is 56.5 Å². The van der Waals surface area contributed by atoms with Crippen LogP contribution < -0.4 is 9.47 Å². The van der Waals surface area contributed by atoms with Gasteiger partial charge < -0.3 is 14.2 Å². The fraction of sp³-hybridized carbons (Fsp3) is 0.0833. The Morgan fingerprint density at radius 2 is 1.94 bits per heavy atom. The van der Waals surface area contributed by atoms with Gasteiger partial charge in [-0.3, -0.25) is 0 Å². The molecule has 0 radical (unpaired) electrons. The summed E-state index contributed by atoms with van der Waals surface area (Å²) in [5.41, 5.74) is 2.27. The van der Waals surface area contributed by atoms with Gasteiger partial charge in [-0.15, -0.1) is 0 Å². The molecule has 0 fully saturated rings. The summed E-state index contributed by atoms with van der Waals surface area (Å²) in [4.78, 5) is 16.7. The molecule has 1 aliphatic rings. The van der Waals surface area contributed by atoms with Gasteiger partial charge in [-0.25, -0.2) is 14.2 Å². The zero-order valence-electron chi connectivity index (χ0n) is 16.8. The maximum Gasteiger partial charge on any atom is 0.363 e. The first-order chi connectivity index (χ1) is 15.4. The number of hydrogen-bond acceptors (Lipinski definition) is 5. The van der Waals surface area contributed by atoms with E-state index in [4.69, 9.17) is 14.2 Å². The number of aliphatic imine (C=N–C) groups is 1. The van der Waals surface area contributed by atoms with Gasteiger partial charge in [0.2, 0.25) is 5.90 Å². The average molecular weight is 608 g/mol. The SMILES string of the molecule is COc1cc(/C=C2\N=C(c3ccc(I)cc3)OC2=O)cc(Br)c1OCc1cccc(F)c1. The second kappa shape index (κ2) is 9.83. The first-order valence-electron chi connectivity index (χ1n) is 9.46. The molecule has 3 aromatic rings. The molecular formula is C24H16BrFINO4. The van der Waals surface area contributed by atoms with Gasteiger partial charge in [0.25, 0.3) is 0 Å². The minimum Gasteiger partial charge on any atom is -0.493 e. The van der Waals surface area contributed by atoms with Crippen molar-refractivity contribution in [2.75, 3.05) is 7.11 Å². The van der Waals surface area contributed by atoms with Gasteiger partial charge in [0.15, 0.2) is 17.2 Å². The molecule has 0 unspecified atom stereocenters. The van der Waals surface area contributed by atoms with Gasteiger partial charge in [-0.2, -0.15) is 0 Å². The summed E-state index contributed by atoms with van der Waals surface area (Å²) in [6.45, 7) is 0.170. The second-order valence-corrected chi connectivity index (χ2v) is 8.90. The topological polar surface area (TPSA) is 57.1 Å². The van der Waals surface area contributed by atoms with Crippen molar-refractivity contribution in [1.29, 1.82) is 0 Å². The summed E-state index contributed by atoms with van der Waals surface area (Å²) < 4.78 is 31.7. The Labute approximate surface area is 206 Å². The van der Waals surface area contributed by atoms with E-state index < -0.39 is 5.97 Å². The molecule has 32 heavy (non-hydrogen) atoms. The van der Waals surface area contributed by atoms with Crippen LogP contribution in [0.2, 0.25) is 0 Å². The van der Waals surface area contributed by atoms with Crippen LogP contribution in [-0.4, -0.2) is 19.0 Å². The van der Waals surface area contributed by atoms with Crippen LogP contribution in [0.15, 0.2) is 75.8 Å². The van der Waals surface area contributed by atoms with Crippen LogP contribution in [0.4, 0.5) is 4.39 Å². The number of esters is 1. The summed E-state index contributed by atoms with van der Waals surface area (Å²) in [5.74, 6) is 0.332. The molecule has 3 aromatic carbocycles. The van der Waals surface area contributed by atoms with Crippen molar-refractivity contribution in [2.45, 2.75) is 6.61 Å². The summed E-state index contributed by atoms with van der Waals surface area (Å²) in [5, 5.41) is 0. The number of cyclic esters (lactones) is 1. The third-order valence-corrected chi connectivity index (χ3v) is 5.85. The molecule has 5 nitrogen and oxygen atoms in total. The molecule has 0 saturated carbocycles. The standard InChI is InChI=1S/C24H16BrFINO4/c1-30-21-12-15(10-19(25)22(21)31-13-14-3-2-4-17(26)9-14)11-20-24(29)32-23(28-20)16-5-7-18(27)8-6-16/h2-12H,13H2,1H3/b20-11-. The molecular weight excluding hydrogens is 592 g/mol. The minimum absolute atomic E-state index is 0.170. The summed E-state index contributed by atoms with van der Waals surface area (Å²) in [7, 11) is 1.52. The van der Waals surface area contributed by atoms with E-state index in [1.54, 1.807) is 30.3 Å². The molecule has 0 aromatic heterocycles. The molecule has 1 heterocycles. The van der Waals surface area contributed by atoms with Crippen molar-refractivity contribution in [3.63, 3.8) is 0 Å². The van der Waals surface area contributed by atoms with Crippen LogP contribution in [-0.2, 0) is 16.1 Å². The van der Waals surface area contributed by atoms with Crippen molar-refractivity contribution in [3.8, 4) is 11.5 Å². The predicted molar refractivity (Wildman–Crippen MR) is 131 cm³/mol. The number of nitrogens with zero attached hydrogens (tertiary/aromatic N) is 1. The summed E-state index contributed by atoms with van der Waals surface area (Å²) in [6, 6.07) is 17.2. The Balaban J connectivity index is 1.59. The number of carbonyl (C=O) groups excluding carboxylic acids is 1. The number of benzene rings is 3. The number of halogens is 3. The van der Waals surface area contributed by atoms with Gasteiger partial charge in [0.05, 0.1) is 11.6 Å². The first kappa shape index (κ1) is 22.5. The maximum atomic E-state index is 13.4. The Kier molecular flexibility index (Phi) is 6.90. The van der Waals surface area contributed by atoms with Crippen LogP contribution in [0.25, 0.3) is 6.08 Å². The maximum absolute atomic E-state index is 13.4. The minimum atomic E-state index is -0.528. The van der Waals surface area contributed by atoms with E-state index in [1.165, 1.54) is 19.2 Å². The zero-order chi connectivity index (χ0) is 22.7. The van der Waals surface area contributed by atoms with E-state index in [2.05, 4.69) is 43.5 Å². The van der Waals surface area contributed by atoms with Gasteiger partial charge in [-0.05, 0) is 104 Å². The van der Waals surface area contributed by atoms with E-state index in [1.807, 2.05) is 24.3 Å². The average Bonchev–Trinajstić information content (AvgIpc) is 3.13. The summed E-state index contributed by atoms with van der Waals surface area (Å²) >= 11 is 5.69. The molecule has 0 amide bonds. The normalized spacial score (nSPS) is 14.3. The quantitative estimate of drug-likeness (QED) is 0.192. The number of ether oxygens (including phenoxy) is 3. The lowest BCUT2D eigenvalue weighted by Crippen LogP contribution is -2.05. The monoisotopic (exact) mass is 607 g/mol. The Morgan fingerprint density at radius 3 is 2.66 bits per heavy atom. The highest BCUT2D eigenvalue weighted by Gasteiger charge is 2.24. The van der Waals surface area contributed by atoms with E-state index in [0.29, 0.717) is 27.1 Å². The molecule has 0 N–H and O–H groups in total. The predicted octanol–water partition coefficient (Wildman–Crippen LogP) is 6.12. The second-order valence-electron chi connectivity index (χ2n) is 6.80. The first-order valence-corrected chi connectivity index (χ1v) is 11.3. The van der Waals surface area contributed by atoms with Gasteiger partial charge >= 0.3 is 5.97 Å². The lowest BCUT2D eigenvalue weighted by Gasteiger charge is -2.13. The largest absolute Gasteiger partial charge is 0.493 e. The number of methoxy groups -OCH3 is 1. The van der Waals surface area contributed by atoms with Crippen LogP contribution in [0.5, 0.6) is 11.5 Å². The highest BCUT2D eigenvalue weighted by molar-refractivity contribution is 14.1. The Morgan fingerprint density at radius 1 is 1.16 bits per heavy atom. The number of carbonyl (C=O) groups is 1. The van der Waals surface area contributed by atoms with Gasteiger partial charge in [0, 0.05) is 9.13 Å². The Bertz CT molecular complexity index is 1240. The Hall–Kier alpha value is -2.72. The fourth-order valence-corrected chi connectivity index (χ4v) is 3.96. The molecule has 162 valence electrons. The van der Waals surface area contributed by atoms with Crippen molar-refractivity contribution < 1.29 is 23.4 Å². The summed E-state index contributed by atoms with van der Waals surface area (Å²) in [6.07, 6.45) is 1.62. The van der Waals surface area contributed by atoms with Crippen molar-refractivity contribution in [2.24, 2.45) is 4.99 Å².